The third-order valence-corrected chi connectivity index (χ3v) is 8.94. The zero-order chi connectivity index (χ0) is 24.0. The van der Waals surface area contributed by atoms with Gasteiger partial charge in [0.1, 0.15) is 0 Å². The maximum absolute atomic E-state index is 13.2. The van der Waals surface area contributed by atoms with Crippen molar-refractivity contribution in [3.05, 3.63) is 52.5 Å². The molecule has 0 saturated heterocycles. The van der Waals surface area contributed by atoms with E-state index in [9.17, 15) is 13.2 Å². The van der Waals surface area contributed by atoms with Gasteiger partial charge in [0, 0.05) is 24.0 Å². The van der Waals surface area contributed by atoms with Crippen molar-refractivity contribution in [1.29, 1.82) is 0 Å². The normalized spacial score (nSPS) is 11.9. The Morgan fingerprint density at radius 3 is 2.42 bits per heavy atom. The summed E-state index contributed by atoms with van der Waals surface area (Å²) in [5, 5.41) is 0.654. The Labute approximate surface area is 208 Å². The first-order valence-corrected chi connectivity index (χ1v) is 14.4. The van der Waals surface area contributed by atoms with Crippen LogP contribution in [0.5, 0.6) is 0 Å². The molecule has 0 radical (unpaired) electrons. The summed E-state index contributed by atoms with van der Waals surface area (Å²) in [7, 11) is -3.42. The lowest BCUT2D eigenvalue weighted by Crippen LogP contribution is -2.38. The lowest BCUT2D eigenvalue weighted by atomic mass is 10.2. The van der Waals surface area contributed by atoms with Crippen LogP contribution < -0.4 is 4.90 Å². The number of thiazole rings is 1. The minimum atomic E-state index is -3.42. The van der Waals surface area contributed by atoms with Crippen molar-refractivity contribution in [3.8, 4) is 0 Å². The number of sulfone groups is 1. The second-order valence-electron chi connectivity index (χ2n) is 7.92. The molecule has 0 bridgehead atoms. The number of amides is 1. The fourth-order valence-corrected chi connectivity index (χ4v) is 6.39. The Kier molecular flexibility index (Phi) is 9.03. The van der Waals surface area contributed by atoms with Crippen LogP contribution in [0.25, 0.3) is 10.2 Å². The second-order valence-corrected chi connectivity index (χ2v) is 12.0. The SMILES string of the molecule is CCN(CC)CCN(C(=O)CCCS(=O)(=O)c1ccc(C)cc1)c1nc2ccc(Br)cc2s1. The average Bonchev–Trinajstić information content (AvgIpc) is 3.19. The van der Waals surface area contributed by atoms with Crippen molar-refractivity contribution in [3.63, 3.8) is 0 Å². The minimum absolute atomic E-state index is 0.0571. The van der Waals surface area contributed by atoms with Gasteiger partial charge in [0.15, 0.2) is 15.0 Å². The van der Waals surface area contributed by atoms with Crippen molar-refractivity contribution in [2.45, 2.75) is 38.5 Å². The number of carbonyl (C=O) groups is 1. The van der Waals surface area contributed by atoms with Gasteiger partial charge in [-0.2, -0.15) is 0 Å². The molecule has 1 heterocycles. The summed E-state index contributed by atoms with van der Waals surface area (Å²) < 4.78 is 27.3. The molecule has 178 valence electrons. The number of carbonyl (C=O) groups excluding carboxylic acids is 1. The Morgan fingerprint density at radius 2 is 1.76 bits per heavy atom. The maximum atomic E-state index is 13.2. The Morgan fingerprint density at radius 1 is 1.06 bits per heavy atom. The van der Waals surface area contributed by atoms with Crippen molar-refractivity contribution in [2.24, 2.45) is 0 Å². The molecule has 3 rings (SSSR count). The highest BCUT2D eigenvalue weighted by Crippen LogP contribution is 2.31. The summed E-state index contributed by atoms with van der Waals surface area (Å²) in [6.07, 6.45) is 0.427. The van der Waals surface area contributed by atoms with Crippen LogP contribution in [0.3, 0.4) is 0 Å². The van der Waals surface area contributed by atoms with Crippen LogP contribution in [-0.2, 0) is 14.6 Å². The zero-order valence-corrected chi connectivity index (χ0v) is 22.5. The Balaban J connectivity index is 1.73. The standard InChI is InChI=1S/C24H30BrN3O3S2/c1-4-27(5-2)14-15-28(24-26-21-13-10-19(25)17-22(21)32-24)23(29)7-6-16-33(30,31)20-11-8-18(3)9-12-20/h8-13,17H,4-7,14-16H2,1-3H3. The maximum Gasteiger partial charge on any atom is 0.228 e. The van der Waals surface area contributed by atoms with E-state index in [0.29, 0.717) is 16.6 Å². The molecule has 1 amide bonds. The molecule has 0 aliphatic carbocycles. The van der Waals surface area contributed by atoms with Crippen LogP contribution in [-0.4, -0.2) is 56.1 Å². The van der Waals surface area contributed by atoms with E-state index in [-0.39, 0.29) is 24.5 Å². The lowest BCUT2D eigenvalue weighted by molar-refractivity contribution is -0.118. The van der Waals surface area contributed by atoms with Gasteiger partial charge in [0.2, 0.25) is 5.91 Å². The number of benzene rings is 2. The van der Waals surface area contributed by atoms with Crippen LogP contribution in [0.4, 0.5) is 5.13 Å². The minimum Gasteiger partial charge on any atom is -0.302 e. The van der Waals surface area contributed by atoms with Crippen molar-refractivity contribution < 1.29 is 13.2 Å². The fraction of sp³-hybridized carbons (Fsp3) is 0.417. The molecule has 0 fully saturated rings. The smallest absolute Gasteiger partial charge is 0.228 e. The number of anilines is 1. The topological polar surface area (TPSA) is 70.6 Å². The van der Waals surface area contributed by atoms with Gasteiger partial charge < -0.3 is 4.90 Å². The molecule has 0 unspecified atom stereocenters. The molecule has 9 heteroatoms. The highest BCUT2D eigenvalue weighted by atomic mass is 79.9. The highest BCUT2D eigenvalue weighted by Gasteiger charge is 2.22. The van der Waals surface area contributed by atoms with E-state index < -0.39 is 9.84 Å². The summed E-state index contributed by atoms with van der Waals surface area (Å²) in [6, 6.07) is 12.7. The molecule has 0 spiro atoms. The molecule has 2 aromatic carbocycles. The van der Waals surface area contributed by atoms with Gasteiger partial charge in [0.05, 0.1) is 20.9 Å². The van der Waals surface area contributed by atoms with Gasteiger partial charge in [-0.3, -0.25) is 9.69 Å². The van der Waals surface area contributed by atoms with E-state index in [4.69, 9.17) is 0 Å². The fourth-order valence-electron chi connectivity index (χ4n) is 3.52. The average molecular weight is 553 g/mol. The van der Waals surface area contributed by atoms with E-state index >= 15 is 0 Å². The number of aryl methyl sites for hydroxylation is 1. The summed E-state index contributed by atoms with van der Waals surface area (Å²) in [4.78, 5) is 22.2. The second kappa shape index (κ2) is 11.6. The zero-order valence-electron chi connectivity index (χ0n) is 19.3. The van der Waals surface area contributed by atoms with Gasteiger partial charge in [-0.05, 0) is 56.8 Å². The molecule has 0 N–H and O–H groups in total. The van der Waals surface area contributed by atoms with E-state index in [1.165, 1.54) is 11.3 Å². The van der Waals surface area contributed by atoms with Crippen LogP contribution in [0.2, 0.25) is 0 Å². The third-order valence-electron chi connectivity index (χ3n) is 5.59. The van der Waals surface area contributed by atoms with Gasteiger partial charge >= 0.3 is 0 Å². The molecule has 0 saturated carbocycles. The predicted molar refractivity (Wildman–Crippen MR) is 140 cm³/mol. The lowest BCUT2D eigenvalue weighted by Gasteiger charge is -2.24. The third kappa shape index (κ3) is 6.85. The Hall–Kier alpha value is -1.81. The molecule has 0 aliphatic rings. The molecule has 3 aromatic rings. The van der Waals surface area contributed by atoms with Gasteiger partial charge in [-0.25, -0.2) is 13.4 Å². The number of fused-ring (bicyclic) bond motifs is 1. The molecule has 6 nitrogen and oxygen atoms in total. The number of hydrogen-bond donors (Lipinski definition) is 0. The van der Waals surface area contributed by atoms with Crippen LogP contribution in [0, 0.1) is 6.92 Å². The number of halogens is 1. The number of likely N-dealkylation sites (N-methyl/N-ethyl adjacent to an activating group) is 1. The first kappa shape index (κ1) is 25.8. The van der Waals surface area contributed by atoms with E-state index in [1.807, 2.05) is 25.1 Å². The molecule has 0 atom stereocenters. The van der Waals surface area contributed by atoms with Crippen LogP contribution in [0.15, 0.2) is 51.8 Å². The van der Waals surface area contributed by atoms with Crippen molar-refractivity contribution >= 4 is 58.4 Å². The summed E-state index contributed by atoms with van der Waals surface area (Å²) in [5.74, 6) is -0.155. The molecule has 0 aliphatic heterocycles. The first-order chi connectivity index (χ1) is 15.7. The monoisotopic (exact) mass is 551 g/mol. The van der Waals surface area contributed by atoms with Crippen LogP contribution in [0.1, 0.15) is 32.3 Å². The first-order valence-electron chi connectivity index (χ1n) is 11.1. The quantitative estimate of drug-likeness (QED) is 0.323. The molecule has 1 aromatic heterocycles. The van der Waals surface area contributed by atoms with Gasteiger partial charge in [-0.1, -0.05) is 58.8 Å². The van der Waals surface area contributed by atoms with E-state index in [1.54, 1.807) is 29.2 Å². The number of rotatable bonds is 11. The van der Waals surface area contributed by atoms with E-state index in [0.717, 1.165) is 39.9 Å². The number of hydrogen-bond acceptors (Lipinski definition) is 6. The summed E-state index contributed by atoms with van der Waals surface area (Å²) >= 11 is 4.97. The molecule has 33 heavy (non-hydrogen) atoms. The van der Waals surface area contributed by atoms with Crippen molar-refractivity contribution in [2.75, 3.05) is 36.8 Å². The van der Waals surface area contributed by atoms with Gasteiger partial charge in [0.25, 0.3) is 0 Å². The highest BCUT2D eigenvalue weighted by molar-refractivity contribution is 9.10. The summed E-state index contributed by atoms with van der Waals surface area (Å²) in [5.41, 5.74) is 1.86. The number of nitrogens with zero attached hydrogens (tertiary/aromatic N) is 3. The largest absolute Gasteiger partial charge is 0.302 e. The number of aromatic nitrogens is 1. The van der Waals surface area contributed by atoms with E-state index in [2.05, 4.69) is 39.7 Å². The van der Waals surface area contributed by atoms with Crippen LogP contribution >= 0.6 is 27.3 Å². The summed E-state index contributed by atoms with van der Waals surface area (Å²) in [6.45, 7) is 9.18. The molecular weight excluding hydrogens is 522 g/mol. The molecular formula is C24H30BrN3O3S2. The Bertz CT molecular complexity index is 1190. The van der Waals surface area contributed by atoms with Gasteiger partial charge in [-0.15, -0.1) is 0 Å². The predicted octanol–water partition coefficient (Wildman–Crippen LogP) is 5.30. The van der Waals surface area contributed by atoms with Crippen molar-refractivity contribution in [1.82, 2.24) is 9.88 Å².